The Hall–Kier alpha value is -2.08. The number of nitrogens with zero attached hydrogens (tertiary/aromatic N) is 1. The summed E-state index contributed by atoms with van der Waals surface area (Å²) in [4.78, 5) is 37.1. The molecular formula is C19H23ClN2O4. The minimum Gasteiger partial charge on any atom is -0.481 e. The van der Waals surface area contributed by atoms with Crippen molar-refractivity contribution in [2.24, 2.45) is 0 Å². The highest BCUT2D eigenvalue weighted by atomic mass is 35.5. The van der Waals surface area contributed by atoms with Crippen LogP contribution in [0.2, 0.25) is 5.02 Å². The van der Waals surface area contributed by atoms with Gasteiger partial charge in [-0.2, -0.15) is 0 Å². The zero-order valence-corrected chi connectivity index (χ0v) is 15.3. The maximum absolute atomic E-state index is 12.7. The van der Waals surface area contributed by atoms with E-state index < -0.39 is 11.5 Å². The molecule has 1 aromatic rings. The van der Waals surface area contributed by atoms with Crippen molar-refractivity contribution in [1.29, 1.82) is 0 Å². The van der Waals surface area contributed by atoms with Gasteiger partial charge in [-0.3, -0.25) is 14.4 Å². The molecule has 2 aliphatic rings. The van der Waals surface area contributed by atoms with Crippen LogP contribution in [0.25, 0.3) is 0 Å². The number of rotatable bonds is 6. The van der Waals surface area contributed by atoms with Crippen molar-refractivity contribution in [2.45, 2.75) is 57.0 Å². The van der Waals surface area contributed by atoms with Gasteiger partial charge in [-0.15, -0.1) is 0 Å². The number of amides is 2. The highest BCUT2D eigenvalue weighted by Gasteiger charge is 2.38. The fourth-order valence-corrected chi connectivity index (χ4v) is 4.19. The van der Waals surface area contributed by atoms with Crippen molar-refractivity contribution in [1.82, 2.24) is 10.2 Å². The fraction of sp³-hybridized carbons (Fsp3) is 0.526. The lowest BCUT2D eigenvalue weighted by Gasteiger charge is -2.32. The van der Waals surface area contributed by atoms with E-state index in [1.807, 2.05) is 23.1 Å². The van der Waals surface area contributed by atoms with Crippen LogP contribution >= 0.6 is 11.6 Å². The molecule has 1 atom stereocenters. The molecule has 3 rings (SSSR count). The van der Waals surface area contributed by atoms with E-state index in [0.29, 0.717) is 45.2 Å². The summed E-state index contributed by atoms with van der Waals surface area (Å²) in [7, 11) is 0. The molecule has 0 aliphatic carbocycles. The molecule has 6 nitrogen and oxygen atoms in total. The van der Waals surface area contributed by atoms with E-state index >= 15 is 0 Å². The summed E-state index contributed by atoms with van der Waals surface area (Å²) in [6.07, 6.45) is 2.85. The van der Waals surface area contributed by atoms with Crippen LogP contribution in [0.4, 0.5) is 0 Å². The molecule has 140 valence electrons. The molecule has 1 saturated heterocycles. The summed E-state index contributed by atoms with van der Waals surface area (Å²) in [5.41, 5.74) is 1.62. The lowest BCUT2D eigenvalue weighted by atomic mass is 9.86. The average Bonchev–Trinajstić information content (AvgIpc) is 2.99. The van der Waals surface area contributed by atoms with Crippen LogP contribution in [0.5, 0.6) is 0 Å². The zero-order chi connectivity index (χ0) is 18.7. The number of aliphatic carboxylic acids is 1. The number of hydrogen-bond donors (Lipinski definition) is 2. The Morgan fingerprint density at radius 2 is 2.00 bits per heavy atom. The number of carbonyl (C=O) groups is 3. The van der Waals surface area contributed by atoms with Crippen molar-refractivity contribution < 1.29 is 19.5 Å². The second-order valence-corrected chi connectivity index (χ2v) is 7.57. The van der Waals surface area contributed by atoms with Gasteiger partial charge in [0.1, 0.15) is 0 Å². The van der Waals surface area contributed by atoms with Gasteiger partial charge in [-0.25, -0.2) is 0 Å². The highest BCUT2D eigenvalue weighted by molar-refractivity contribution is 6.31. The normalized spacial score (nSPS) is 22.0. The Labute approximate surface area is 157 Å². The summed E-state index contributed by atoms with van der Waals surface area (Å²) >= 11 is 6.22. The van der Waals surface area contributed by atoms with E-state index in [1.165, 1.54) is 0 Å². The van der Waals surface area contributed by atoms with Crippen LogP contribution in [0.15, 0.2) is 18.2 Å². The van der Waals surface area contributed by atoms with Gasteiger partial charge in [0.2, 0.25) is 11.8 Å². The number of nitrogens with one attached hydrogen (secondary N) is 1. The first-order chi connectivity index (χ1) is 12.4. The van der Waals surface area contributed by atoms with E-state index in [1.54, 1.807) is 0 Å². The third-order valence-electron chi connectivity index (χ3n) is 5.43. The first-order valence-electron chi connectivity index (χ1n) is 8.95. The third kappa shape index (κ3) is 4.18. The van der Waals surface area contributed by atoms with Crippen LogP contribution in [-0.4, -0.2) is 39.9 Å². The van der Waals surface area contributed by atoms with E-state index in [4.69, 9.17) is 16.7 Å². The van der Waals surface area contributed by atoms with Gasteiger partial charge in [0, 0.05) is 42.9 Å². The Balaban J connectivity index is 1.60. The molecule has 7 heteroatoms. The van der Waals surface area contributed by atoms with Gasteiger partial charge < -0.3 is 15.3 Å². The van der Waals surface area contributed by atoms with Crippen molar-refractivity contribution >= 4 is 29.4 Å². The second-order valence-electron chi connectivity index (χ2n) is 7.17. The fourth-order valence-electron chi connectivity index (χ4n) is 3.90. The van der Waals surface area contributed by atoms with Gasteiger partial charge in [-0.1, -0.05) is 23.7 Å². The summed E-state index contributed by atoms with van der Waals surface area (Å²) in [6, 6.07) is 5.75. The standard InChI is InChI=1S/C19H23ClN2O4/c20-15-3-1-2-13-12-22(11-7-14(13)15)17(24)5-9-19(10-6-18(25)26)8-4-16(23)21-19/h1-3H,4-12H2,(H,21,23)(H,25,26). The Morgan fingerprint density at radius 1 is 1.23 bits per heavy atom. The van der Waals surface area contributed by atoms with E-state index in [0.717, 1.165) is 22.6 Å². The van der Waals surface area contributed by atoms with E-state index in [2.05, 4.69) is 5.32 Å². The van der Waals surface area contributed by atoms with Gasteiger partial charge >= 0.3 is 5.97 Å². The van der Waals surface area contributed by atoms with Crippen LogP contribution in [0.3, 0.4) is 0 Å². The molecule has 2 aliphatic heterocycles. The van der Waals surface area contributed by atoms with Crippen LogP contribution in [-0.2, 0) is 27.3 Å². The van der Waals surface area contributed by atoms with E-state index in [-0.39, 0.29) is 18.2 Å². The Morgan fingerprint density at radius 3 is 2.69 bits per heavy atom. The molecule has 1 unspecified atom stereocenters. The molecule has 0 radical (unpaired) electrons. The first kappa shape index (κ1) is 18.7. The lowest BCUT2D eigenvalue weighted by molar-refractivity contribution is -0.137. The molecule has 26 heavy (non-hydrogen) atoms. The number of carboxylic acids is 1. The van der Waals surface area contributed by atoms with E-state index in [9.17, 15) is 14.4 Å². The molecule has 2 N–H and O–H groups in total. The molecule has 1 aromatic carbocycles. The maximum atomic E-state index is 12.7. The number of halogens is 1. The molecule has 0 bridgehead atoms. The number of hydrogen-bond acceptors (Lipinski definition) is 3. The van der Waals surface area contributed by atoms with Crippen LogP contribution in [0.1, 0.15) is 49.7 Å². The maximum Gasteiger partial charge on any atom is 0.303 e. The SMILES string of the molecule is O=C(O)CCC1(CCC(=O)N2CCc3c(Cl)cccc3C2)CCC(=O)N1. The Bertz CT molecular complexity index is 736. The van der Waals surface area contributed by atoms with Gasteiger partial charge in [-0.05, 0) is 42.9 Å². The quantitative estimate of drug-likeness (QED) is 0.796. The summed E-state index contributed by atoms with van der Waals surface area (Å²) in [5.74, 6) is -0.919. The molecule has 0 saturated carbocycles. The van der Waals surface area contributed by atoms with Crippen molar-refractivity contribution in [3.05, 3.63) is 34.3 Å². The van der Waals surface area contributed by atoms with Crippen LogP contribution < -0.4 is 5.32 Å². The summed E-state index contributed by atoms with van der Waals surface area (Å²) < 4.78 is 0. The van der Waals surface area contributed by atoms with Crippen molar-refractivity contribution in [3.8, 4) is 0 Å². The second kappa shape index (κ2) is 7.66. The number of fused-ring (bicyclic) bond motifs is 1. The molecule has 0 spiro atoms. The number of benzene rings is 1. The number of carbonyl (C=O) groups excluding carboxylic acids is 2. The molecule has 2 heterocycles. The van der Waals surface area contributed by atoms with Crippen LogP contribution in [0, 0.1) is 0 Å². The molecule has 0 aromatic heterocycles. The number of carboxylic acid groups (broad SMARTS) is 1. The topological polar surface area (TPSA) is 86.7 Å². The molecule has 1 fully saturated rings. The average molecular weight is 379 g/mol. The minimum absolute atomic E-state index is 0.00986. The summed E-state index contributed by atoms with van der Waals surface area (Å²) in [6.45, 7) is 1.17. The first-order valence-corrected chi connectivity index (χ1v) is 9.33. The van der Waals surface area contributed by atoms with Crippen molar-refractivity contribution in [2.75, 3.05) is 6.54 Å². The lowest BCUT2D eigenvalue weighted by Crippen LogP contribution is -2.44. The summed E-state index contributed by atoms with van der Waals surface area (Å²) in [5, 5.41) is 12.6. The molecule has 2 amide bonds. The van der Waals surface area contributed by atoms with Gasteiger partial charge in [0.05, 0.1) is 0 Å². The predicted octanol–water partition coefficient (Wildman–Crippen LogP) is 2.52. The van der Waals surface area contributed by atoms with Gasteiger partial charge in [0.25, 0.3) is 0 Å². The predicted molar refractivity (Wildman–Crippen MR) is 96.8 cm³/mol. The molecular weight excluding hydrogens is 356 g/mol. The van der Waals surface area contributed by atoms with Gasteiger partial charge in [0.15, 0.2) is 0 Å². The smallest absolute Gasteiger partial charge is 0.303 e. The Kier molecular flexibility index (Phi) is 5.51. The largest absolute Gasteiger partial charge is 0.481 e. The minimum atomic E-state index is -0.888. The third-order valence-corrected chi connectivity index (χ3v) is 5.79. The zero-order valence-electron chi connectivity index (χ0n) is 14.6. The van der Waals surface area contributed by atoms with Crippen molar-refractivity contribution in [3.63, 3.8) is 0 Å². The monoisotopic (exact) mass is 378 g/mol. The highest BCUT2D eigenvalue weighted by Crippen LogP contribution is 2.31.